The Balaban J connectivity index is 2.08. The molecule has 0 saturated carbocycles. The number of amides is 2. The van der Waals surface area contributed by atoms with E-state index in [2.05, 4.69) is 22.6 Å². The first kappa shape index (κ1) is 18.0. The van der Waals surface area contributed by atoms with Gasteiger partial charge in [-0.15, -0.1) is 0 Å². The van der Waals surface area contributed by atoms with Crippen molar-refractivity contribution in [2.24, 2.45) is 0 Å². The van der Waals surface area contributed by atoms with E-state index >= 15 is 0 Å². The number of rotatable bonds is 3. The summed E-state index contributed by atoms with van der Waals surface area (Å²) in [6, 6.07) is 6.45. The first-order chi connectivity index (χ1) is 10.8. The van der Waals surface area contributed by atoms with E-state index in [1.54, 1.807) is 0 Å². The van der Waals surface area contributed by atoms with E-state index in [0.29, 0.717) is 25.9 Å². The molecule has 1 atom stereocenters. The zero-order chi connectivity index (χ0) is 17.0. The van der Waals surface area contributed by atoms with Crippen molar-refractivity contribution in [2.45, 2.75) is 38.0 Å². The summed E-state index contributed by atoms with van der Waals surface area (Å²) in [7, 11) is 0. The maximum atomic E-state index is 12.4. The maximum absolute atomic E-state index is 12.4. The smallest absolute Gasteiger partial charge is 0.337 e. The van der Waals surface area contributed by atoms with Gasteiger partial charge < -0.3 is 10.2 Å². The predicted octanol–water partition coefficient (Wildman–Crippen LogP) is 2.85. The van der Waals surface area contributed by atoms with Crippen LogP contribution in [0.4, 0.5) is 13.2 Å². The lowest BCUT2D eigenvalue weighted by Crippen LogP contribution is -2.50. The molecule has 0 aromatic heterocycles. The standard InChI is InChI=1S/C15H16F3IN2O2/c16-15(17,18)14(23)20-12-6-1-2-7-21(13(12)22)9-10-4-3-5-11(19)8-10/h3-5,8,12H,1-2,6-7,9H2,(H,20,23)/t12-/m0/s1. The molecule has 1 fully saturated rings. The van der Waals surface area contributed by atoms with Gasteiger partial charge in [-0.05, 0) is 59.5 Å². The Labute approximate surface area is 145 Å². The number of alkyl halides is 3. The summed E-state index contributed by atoms with van der Waals surface area (Å²) in [6.45, 7) is 0.802. The van der Waals surface area contributed by atoms with Crippen molar-refractivity contribution in [1.29, 1.82) is 0 Å². The lowest BCUT2D eigenvalue weighted by molar-refractivity contribution is -0.175. The summed E-state index contributed by atoms with van der Waals surface area (Å²) in [4.78, 5) is 25.0. The van der Waals surface area contributed by atoms with Crippen LogP contribution in [-0.4, -0.2) is 35.5 Å². The summed E-state index contributed by atoms with van der Waals surface area (Å²) >= 11 is 2.16. The minimum Gasteiger partial charge on any atom is -0.337 e. The fraction of sp³-hybridized carbons (Fsp3) is 0.467. The average Bonchev–Trinajstić information content (AvgIpc) is 2.62. The maximum Gasteiger partial charge on any atom is 0.471 e. The highest BCUT2D eigenvalue weighted by atomic mass is 127. The van der Waals surface area contributed by atoms with E-state index in [0.717, 1.165) is 9.13 Å². The van der Waals surface area contributed by atoms with Gasteiger partial charge in [-0.1, -0.05) is 12.1 Å². The Morgan fingerprint density at radius 1 is 1.35 bits per heavy atom. The molecule has 0 unspecified atom stereocenters. The lowest BCUT2D eigenvalue weighted by Gasteiger charge is -2.25. The van der Waals surface area contributed by atoms with Crippen LogP contribution in [0.25, 0.3) is 0 Å². The normalized spacial score (nSPS) is 19.4. The van der Waals surface area contributed by atoms with Crippen LogP contribution in [0.15, 0.2) is 24.3 Å². The van der Waals surface area contributed by atoms with E-state index < -0.39 is 24.0 Å². The van der Waals surface area contributed by atoms with E-state index in [9.17, 15) is 22.8 Å². The van der Waals surface area contributed by atoms with Crippen molar-refractivity contribution in [3.63, 3.8) is 0 Å². The number of halogens is 4. The molecule has 126 valence electrons. The third-order valence-corrected chi connectivity index (χ3v) is 4.28. The van der Waals surface area contributed by atoms with E-state index in [4.69, 9.17) is 0 Å². The predicted molar refractivity (Wildman–Crippen MR) is 86.4 cm³/mol. The Morgan fingerprint density at radius 2 is 2.09 bits per heavy atom. The molecule has 2 amide bonds. The number of nitrogens with one attached hydrogen (secondary N) is 1. The first-order valence-corrected chi connectivity index (χ1v) is 8.26. The van der Waals surface area contributed by atoms with Gasteiger partial charge in [-0.2, -0.15) is 13.2 Å². The summed E-state index contributed by atoms with van der Waals surface area (Å²) in [5.74, 6) is -2.52. The molecule has 0 spiro atoms. The number of hydrogen-bond acceptors (Lipinski definition) is 2. The largest absolute Gasteiger partial charge is 0.471 e. The second-order valence-corrected chi connectivity index (χ2v) is 6.65. The van der Waals surface area contributed by atoms with Crippen LogP contribution in [0.3, 0.4) is 0 Å². The molecule has 0 aliphatic carbocycles. The first-order valence-electron chi connectivity index (χ1n) is 7.18. The van der Waals surface area contributed by atoms with Crippen molar-refractivity contribution >= 4 is 34.4 Å². The molecule has 1 N–H and O–H groups in total. The number of likely N-dealkylation sites (tertiary alicyclic amines) is 1. The lowest BCUT2D eigenvalue weighted by atomic mass is 10.1. The molecule has 8 heteroatoms. The zero-order valence-corrected chi connectivity index (χ0v) is 14.4. The van der Waals surface area contributed by atoms with Gasteiger partial charge in [0.05, 0.1) is 0 Å². The summed E-state index contributed by atoms with van der Waals surface area (Å²) in [5.41, 5.74) is 0.910. The molecule has 1 heterocycles. The van der Waals surface area contributed by atoms with Crippen LogP contribution in [0.5, 0.6) is 0 Å². The third kappa shape index (κ3) is 5.08. The van der Waals surface area contributed by atoms with Gasteiger partial charge in [0.2, 0.25) is 5.91 Å². The van der Waals surface area contributed by atoms with Crippen LogP contribution >= 0.6 is 22.6 Å². The van der Waals surface area contributed by atoms with Gasteiger partial charge in [0.25, 0.3) is 0 Å². The molecular weight excluding hydrogens is 424 g/mol. The number of hydrogen-bond donors (Lipinski definition) is 1. The molecule has 0 radical (unpaired) electrons. The fourth-order valence-electron chi connectivity index (χ4n) is 2.49. The number of benzene rings is 1. The Hall–Kier alpha value is -1.32. The van der Waals surface area contributed by atoms with Crippen LogP contribution < -0.4 is 5.32 Å². The van der Waals surface area contributed by atoms with E-state index in [1.165, 1.54) is 4.90 Å². The molecular formula is C15H16F3IN2O2. The number of carbonyl (C=O) groups is 2. The molecule has 4 nitrogen and oxygen atoms in total. The molecule has 1 aromatic carbocycles. The minimum absolute atomic E-state index is 0.226. The van der Waals surface area contributed by atoms with Crippen LogP contribution in [0.1, 0.15) is 24.8 Å². The second kappa shape index (κ2) is 7.50. The van der Waals surface area contributed by atoms with Gasteiger partial charge in [0, 0.05) is 16.7 Å². The highest BCUT2D eigenvalue weighted by Gasteiger charge is 2.41. The van der Waals surface area contributed by atoms with Gasteiger partial charge >= 0.3 is 12.1 Å². The molecule has 1 aliphatic heterocycles. The highest BCUT2D eigenvalue weighted by Crippen LogP contribution is 2.19. The Morgan fingerprint density at radius 3 is 2.74 bits per heavy atom. The zero-order valence-electron chi connectivity index (χ0n) is 12.2. The van der Waals surface area contributed by atoms with Crippen LogP contribution in [0.2, 0.25) is 0 Å². The molecule has 1 aromatic rings. The molecule has 1 aliphatic rings. The third-order valence-electron chi connectivity index (χ3n) is 3.61. The molecule has 1 saturated heterocycles. The van der Waals surface area contributed by atoms with Crippen molar-refractivity contribution in [2.75, 3.05) is 6.54 Å². The van der Waals surface area contributed by atoms with Crippen molar-refractivity contribution in [3.05, 3.63) is 33.4 Å². The highest BCUT2D eigenvalue weighted by molar-refractivity contribution is 14.1. The Bertz CT molecular complexity index is 592. The van der Waals surface area contributed by atoms with Gasteiger partial charge in [-0.25, -0.2) is 0 Å². The molecule has 0 bridgehead atoms. The van der Waals surface area contributed by atoms with Crippen molar-refractivity contribution in [3.8, 4) is 0 Å². The topological polar surface area (TPSA) is 49.4 Å². The monoisotopic (exact) mass is 440 g/mol. The summed E-state index contributed by atoms with van der Waals surface area (Å²) in [6.07, 6.45) is -3.46. The molecule has 23 heavy (non-hydrogen) atoms. The van der Waals surface area contributed by atoms with Crippen LogP contribution in [-0.2, 0) is 16.1 Å². The SMILES string of the molecule is O=C1[C@@H](NC(=O)C(F)(F)F)CCCCN1Cc1cccc(I)c1. The molecule has 2 rings (SSSR count). The summed E-state index contributed by atoms with van der Waals surface area (Å²) < 4.78 is 38.2. The average molecular weight is 440 g/mol. The van der Waals surface area contributed by atoms with E-state index in [-0.39, 0.29) is 6.42 Å². The van der Waals surface area contributed by atoms with Gasteiger partial charge in [0.15, 0.2) is 0 Å². The minimum atomic E-state index is -4.98. The van der Waals surface area contributed by atoms with Crippen molar-refractivity contribution < 1.29 is 22.8 Å². The van der Waals surface area contributed by atoms with Gasteiger partial charge in [-0.3, -0.25) is 9.59 Å². The van der Waals surface area contributed by atoms with E-state index in [1.807, 2.05) is 29.6 Å². The quantitative estimate of drug-likeness (QED) is 0.736. The van der Waals surface area contributed by atoms with Crippen molar-refractivity contribution in [1.82, 2.24) is 10.2 Å². The van der Waals surface area contributed by atoms with Gasteiger partial charge in [0.1, 0.15) is 6.04 Å². The summed E-state index contributed by atoms with van der Waals surface area (Å²) in [5, 5.41) is 1.82. The Kier molecular flexibility index (Phi) is 5.88. The fourth-order valence-corrected chi connectivity index (χ4v) is 3.10. The second-order valence-electron chi connectivity index (χ2n) is 5.41. The number of carbonyl (C=O) groups excluding carboxylic acids is 2. The van der Waals surface area contributed by atoms with Crippen LogP contribution in [0, 0.1) is 3.57 Å². The number of nitrogens with zero attached hydrogens (tertiary/aromatic N) is 1.